The Labute approximate surface area is 267 Å². The zero-order valence-electron chi connectivity index (χ0n) is 24.6. The fraction of sp³-hybridized carbons (Fsp3) is 0.206. The number of benzene rings is 4. The normalized spacial score (nSPS) is 12.4. The van der Waals surface area contributed by atoms with E-state index < -0.39 is 0 Å². The Morgan fingerprint density at radius 2 is 1.89 bits per heavy atom. The van der Waals surface area contributed by atoms with E-state index in [1.165, 1.54) is 4.68 Å². The minimum absolute atomic E-state index is 0.182. The van der Waals surface area contributed by atoms with Gasteiger partial charge in [-0.3, -0.25) is 4.79 Å². The minimum atomic E-state index is -0.299. The fourth-order valence-corrected chi connectivity index (χ4v) is 6.06. The van der Waals surface area contributed by atoms with Crippen molar-refractivity contribution in [2.75, 3.05) is 13.9 Å². The molecule has 6 rings (SSSR count). The molecule has 10 heteroatoms. The van der Waals surface area contributed by atoms with Crippen molar-refractivity contribution in [2.45, 2.75) is 33.3 Å². The summed E-state index contributed by atoms with van der Waals surface area (Å²) in [5.74, 6) is 3.27. The molecule has 5 aromatic rings. The van der Waals surface area contributed by atoms with Crippen molar-refractivity contribution in [3.63, 3.8) is 0 Å². The van der Waals surface area contributed by atoms with Crippen LogP contribution in [-0.2, 0) is 6.61 Å². The van der Waals surface area contributed by atoms with Crippen LogP contribution in [0.5, 0.6) is 23.0 Å². The summed E-state index contributed by atoms with van der Waals surface area (Å²) in [4.78, 5) is 18.8. The number of methoxy groups -OCH3 is 1. The zero-order chi connectivity index (χ0) is 31.0. The average molecular weight is 675 g/mol. The van der Waals surface area contributed by atoms with E-state index in [1.807, 2.05) is 55.5 Å². The smallest absolute Gasteiger partial charge is 0.282 e. The van der Waals surface area contributed by atoms with Crippen LogP contribution in [0.25, 0.3) is 22.3 Å². The Morgan fingerprint density at radius 3 is 2.68 bits per heavy atom. The molecule has 4 aromatic carbocycles. The van der Waals surface area contributed by atoms with Crippen LogP contribution in [0.15, 0.2) is 81.1 Å². The molecule has 0 atom stereocenters. The van der Waals surface area contributed by atoms with Crippen LogP contribution in [0, 0.1) is 6.92 Å². The van der Waals surface area contributed by atoms with Crippen molar-refractivity contribution >= 4 is 44.6 Å². The van der Waals surface area contributed by atoms with Gasteiger partial charge in [-0.2, -0.15) is 9.78 Å². The SMILES string of the molecule is COc1cc(C)c(-c2nc3ccccc3c(=O)n2N=Cc2cc(Cl)cc(Br)c2OCc2ccc3c(c2)OCO3)cc1C(C)C. The van der Waals surface area contributed by atoms with Gasteiger partial charge in [-0.15, -0.1) is 0 Å². The second-order valence-electron chi connectivity index (χ2n) is 10.7. The van der Waals surface area contributed by atoms with Crippen LogP contribution in [0.3, 0.4) is 0 Å². The van der Waals surface area contributed by atoms with Crippen LogP contribution in [0.1, 0.15) is 42.0 Å². The second-order valence-corrected chi connectivity index (χ2v) is 12.0. The lowest BCUT2D eigenvalue weighted by atomic mass is 9.96. The van der Waals surface area contributed by atoms with Crippen molar-refractivity contribution in [2.24, 2.45) is 5.10 Å². The van der Waals surface area contributed by atoms with Gasteiger partial charge in [-0.25, -0.2) is 4.98 Å². The molecule has 0 saturated carbocycles. The van der Waals surface area contributed by atoms with Crippen molar-refractivity contribution in [1.29, 1.82) is 0 Å². The van der Waals surface area contributed by atoms with Gasteiger partial charge in [0.05, 0.1) is 28.7 Å². The summed E-state index contributed by atoms with van der Waals surface area (Å²) in [5, 5.41) is 5.63. The molecular weight excluding hydrogens is 646 g/mol. The largest absolute Gasteiger partial charge is 0.496 e. The molecule has 0 unspecified atom stereocenters. The van der Waals surface area contributed by atoms with E-state index in [4.69, 9.17) is 40.6 Å². The summed E-state index contributed by atoms with van der Waals surface area (Å²) in [7, 11) is 1.66. The maximum absolute atomic E-state index is 13.9. The third-order valence-corrected chi connectivity index (χ3v) is 8.17. The standard InChI is InChI=1S/C34H29BrClN3O5/c1-19(2)25-15-26(20(3)11-30(25)41-4)33-38-28-8-6-5-7-24(28)34(40)39(33)37-16-22-13-23(36)14-27(35)32(22)42-17-21-9-10-29-31(12-21)44-18-43-29/h5-16,19H,17-18H2,1-4H3. The Bertz CT molecular complexity index is 1990. The average Bonchev–Trinajstić information content (AvgIpc) is 3.48. The van der Waals surface area contributed by atoms with Gasteiger partial charge in [0.1, 0.15) is 18.1 Å². The number of rotatable bonds is 8. The third-order valence-electron chi connectivity index (χ3n) is 7.36. The van der Waals surface area contributed by atoms with Crippen LogP contribution < -0.4 is 24.5 Å². The molecule has 1 aliphatic rings. The summed E-state index contributed by atoms with van der Waals surface area (Å²) in [6.45, 7) is 6.61. The Kier molecular flexibility index (Phi) is 8.33. The summed E-state index contributed by atoms with van der Waals surface area (Å²) < 4.78 is 24.8. The fourth-order valence-electron chi connectivity index (χ4n) is 5.11. The summed E-state index contributed by atoms with van der Waals surface area (Å²) >= 11 is 10.0. The molecule has 0 fully saturated rings. The zero-order valence-corrected chi connectivity index (χ0v) is 26.9. The molecule has 0 spiro atoms. The molecule has 0 N–H and O–H groups in total. The lowest BCUT2D eigenvalue weighted by Crippen LogP contribution is -2.21. The quantitative estimate of drug-likeness (QED) is 0.155. The molecular formula is C34H29BrClN3O5. The highest BCUT2D eigenvalue weighted by molar-refractivity contribution is 9.10. The van der Waals surface area contributed by atoms with Gasteiger partial charge < -0.3 is 18.9 Å². The Hall–Kier alpha value is -4.34. The maximum atomic E-state index is 13.9. The highest BCUT2D eigenvalue weighted by Gasteiger charge is 2.19. The first-order valence-electron chi connectivity index (χ1n) is 14.0. The van der Waals surface area contributed by atoms with Gasteiger partial charge in [0, 0.05) is 16.1 Å². The summed E-state index contributed by atoms with van der Waals surface area (Å²) in [5.41, 5.74) is 4.43. The lowest BCUT2D eigenvalue weighted by Gasteiger charge is -2.17. The second kappa shape index (κ2) is 12.3. The van der Waals surface area contributed by atoms with E-state index in [2.05, 4.69) is 29.8 Å². The van der Waals surface area contributed by atoms with Gasteiger partial charge in [0.2, 0.25) is 6.79 Å². The number of fused-ring (bicyclic) bond motifs is 2. The number of aromatic nitrogens is 2. The maximum Gasteiger partial charge on any atom is 0.282 e. The first-order valence-corrected chi connectivity index (χ1v) is 15.2. The molecule has 224 valence electrons. The van der Waals surface area contributed by atoms with E-state index in [0.29, 0.717) is 49.0 Å². The van der Waals surface area contributed by atoms with Crippen LogP contribution in [0.2, 0.25) is 5.02 Å². The number of aryl methyl sites for hydroxylation is 1. The molecule has 8 nitrogen and oxygen atoms in total. The molecule has 0 radical (unpaired) electrons. The van der Waals surface area contributed by atoms with E-state index >= 15 is 0 Å². The van der Waals surface area contributed by atoms with Crippen LogP contribution >= 0.6 is 27.5 Å². The predicted molar refractivity (Wildman–Crippen MR) is 176 cm³/mol. The van der Waals surface area contributed by atoms with Crippen LogP contribution in [-0.4, -0.2) is 29.8 Å². The predicted octanol–water partition coefficient (Wildman–Crippen LogP) is 8.11. The topological polar surface area (TPSA) is 84.2 Å². The molecule has 1 aliphatic heterocycles. The number of hydrogen-bond acceptors (Lipinski definition) is 7. The highest BCUT2D eigenvalue weighted by atomic mass is 79.9. The first kappa shape index (κ1) is 29.7. The molecule has 0 aliphatic carbocycles. The van der Waals surface area contributed by atoms with Gasteiger partial charge in [-0.1, -0.05) is 43.6 Å². The van der Waals surface area contributed by atoms with Gasteiger partial charge in [0.15, 0.2) is 17.3 Å². The molecule has 0 saturated heterocycles. The van der Waals surface area contributed by atoms with Crippen molar-refractivity contribution in [1.82, 2.24) is 9.66 Å². The van der Waals surface area contributed by atoms with E-state index in [1.54, 1.807) is 31.5 Å². The van der Waals surface area contributed by atoms with Crippen molar-refractivity contribution in [3.05, 3.63) is 109 Å². The number of nitrogens with zero attached hydrogens (tertiary/aromatic N) is 3. The monoisotopic (exact) mass is 673 g/mol. The summed E-state index contributed by atoms with van der Waals surface area (Å²) in [6.07, 6.45) is 1.56. The number of ether oxygens (including phenoxy) is 4. The number of hydrogen-bond donors (Lipinski definition) is 0. The third kappa shape index (κ3) is 5.77. The van der Waals surface area contributed by atoms with E-state index in [-0.39, 0.29) is 24.9 Å². The molecule has 44 heavy (non-hydrogen) atoms. The number of halogens is 2. The first-order chi connectivity index (χ1) is 21.2. The number of para-hydroxylation sites is 1. The van der Waals surface area contributed by atoms with Crippen molar-refractivity contribution < 1.29 is 18.9 Å². The Balaban J connectivity index is 1.45. The van der Waals surface area contributed by atoms with Gasteiger partial charge >= 0.3 is 0 Å². The van der Waals surface area contributed by atoms with E-state index in [0.717, 1.165) is 28.0 Å². The van der Waals surface area contributed by atoms with E-state index in [9.17, 15) is 4.79 Å². The highest BCUT2D eigenvalue weighted by Crippen LogP contribution is 2.36. The molecule has 0 amide bonds. The summed E-state index contributed by atoms with van der Waals surface area (Å²) in [6, 6.07) is 20.4. The minimum Gasteiger partial charge on any atom is -0.496 e. The Morgan fingerprint density at radius 1 is 1.09 bits per heavy atom. The molecule has 2 heterocycles. The van der Waals surface area contributed by atoms with Gasteiger partial charge in [0.25, 0.3) is 5.56 Å². The lowest BCUT2D eigenvalue weighted by molar-refractivity contribution is 0.174. The van der Waals surface area contributed by atoms with Crippen molar-refractivity contribution in [3.8, 4) is 34.4 Å². The molecule has 0 bridgehead atoms. The van der Waals surface area contributed by atoms with Crippen LogP contribution in [0.4, 0.5) is 0 Å². The molecule has 1 aromatic heterocycles. The van der Waals surface area contributed by atoms with Gasteiger partial charge in [-0.05, 0) is 94.0 Å².